The Balaban J connectivity index is 1.68. The van der Waals surface area contributed by atoms with Gasteiger partial charge in [-0.3, -0.25) is 4.79 Å². The first-order valence-corrected chi connectivity index (χ1v) is 9.54. The summed E-state index contributed by atoms with van der Waals surface area (Å²) in [4.78, 5) is 24.9. The van der Waals surface area contributed by atoms with E-state index in [4.69, 9.17) is 14.2 Å². The number of hydrogen-bond acceptors (Lipinski definition) is 5. The molecule has 0 aromatic rings. The van der Waals surface area contributed by atoms with E-state index >= 15 is 0 Å². The van der Waals surface area contributed by atoms with Crippen LogP contribution in [0.2, 0.25) is 0 Å². The van der Waals surface area contributed by atoms with Crippen LogP contribution in [0.5, 0.6) is 0 Å². The van der Waals surface area contributed by atoms with Crippen LogP contribution in [0.25, 0.3) is 0 Å². The molecule has 2 bridgehead atoms. The molecule has 0 aromatic heterocycles. The molecular weight excluding hydrogens is 320 g/mol. The van der Waals surface area contributed by atoms with Crippen LogP contribution >= 0.6 is 0 Å². The molecule has 0 radical (unpaired) electrons. The van der Waals surface area contributed by atoms with Gasteiger partial charge in [0.2, 0.25) is 5.79 Å². The minimum atomic E-state index is -1.31. The van der Waals surface area contributed by atoms with Gasteiger partial charge < -0.3 is 14.2 Å². The molecule has 3 rings (SSSR count). The van der Waals surface area contributed by atoms with Crippen molar-refractivity contribution >= 4 is 11.9 Å². The van der Waals surface area contributed by atoms with Crippen molar-refractivity contribution in [2.24, 2.45) is 29.6 Å². The summed E-state index contributed by atoms with van der Waals surface area (Å²) in [6.45, 7) is 10.1. The molecule has 1 saturated carbocycles. The lowest BCUT2D eigenvalue weighted by atomic mass is 9.75. The Kier molecular flexibility index (Phi) is 4.97. The predicted octanol–water partition coefficient (Wildman–Crippen LogP) is 4.11. The summed E-state index contributed by atoms with van der Waals surface area (Å²) in [7, 11) is 0. The van der Waals surface area contributed by atoms with Crippen LogP contribution in [0.3, 0.4) is 0 Å². The van der Waals surface area contributed by atoms with E-state index < -0.39 is 17.9 Å². The quantitative estimate of drug-likeness (QED) is 0.566. The molecule has 3 aliphatic rings. The van der Waals surface area contributed by atoms with Crippen LogP contribution in [-0.4, -0.2) is 29.9 Å². The molecule has 0 N–H and O–H groups in total. The molecular formula is C20H30O5. The van der Waals surface area contributed by atoms with Gasteiger partial charge in [0, 0.05) is 5.92 Å². The highest BCUT2D eigenvalue weighted by Gasteiger charge is 2.55. The van der Waals surface area contributed by atoms with E-state index in [-0.39, 0.29) is 23.9 Å². The van der Waals surface area contributed by atoms with Crippen LogP contribution in [0, 0.1) is 29.6 Å². The van der Waals surface area contributed by atoms with E-state index in [1.54, 1.807) is 13.0 Å². The van der Waals surface area contributed by atoms with E-state index in [2.05, 4.69) is 20.8 Å². The Morgan fingerprint density at radius 2 is 2.00 bits per heavy atom. The summed E-state index contributed by atoms with van der Waals surface area (Å²) in [5, 5.41) is 0. The van der Waals surface area contributed by atoms with Crippen molar-refractivity contribution in [2.75, 3.05) is 0 Å². The minimum Gasteiger partial charge on any atom is -0.431 e. The first-order valence-electron chi connectivity index (χ1n) is 9.54. The Morgan fingerprint density at radius 1 is 1.28 bits per heavy atom. The molecule has 0 unspecified atom stereocenters. The van der Waals surface area contributed by atoms with Gasteiger partial charge in [-0.05, 0) is 43.6 Å². The summed E-state index contributed by atoms with van der Waals surface area (Å²) < 4.78 is 17.2. The summed E-state index contributed by atoms with van der Waals surface area (Å²) >= 11 is 0. The fraction of sp³-hybridized carbons (Fsp3) is 0.800. The van der Waals surface area contributed by atoms with Gasteiger partial charge in [-0.15, -0.1) is 0 Å². The molecule has 5 nitrogen and oxygen atoms in total. The lowest BCUT2D eigenvalue weighted by Gasteiger charge is -2.40. The second kappa shape index (κ2) is 6.75. The number of Topliss-reactive ketones (excluding diaryl/α,β-unsaturated/α-hetero) is 1. The number of rotatable bonds is 3. The lowest BCUT2D eigenvalue weighted by Crippen LogP contribution is -2.53. The van der Waals surface area contributed by atoms with Crippen LogP contribution in [0.15, 0.2) is 12.2 Å². The van der Waals surface area contributed by atoms with Gasteiger partial charge in [-0.2, -0.15) is 0 Å². The van der Waals surface area contributed by atoms with Gasteiger partial charge in [-0.25, -0.2) is 4.79 Å². The van der Waals surface area contributed by atoms with Crippen LogP contribution in [-0.2, 0) is 19.0 Å². The lowest BCUT2D eigenvalue weighted by molar-refractivity contribution is -0.237. The maximum Gasteiger partial charge on any atom is 0.511 e. The fourth-order valence-electron chi connectivity index (χ4n) is 4.46. The molecule has 25 heavy (non-hydrogen) atoms. The molecule has 5 heteroatoms. The van der Waals surface area contributed by atoms with Gasteiger partial charge in [0.15, 0.2) is 0 Å². The monoisotopic (exact) mass is 350 g/mol. The van der Waals surface area contributed by atoms with Crippen molar-refractivity contribution in [3.8, 4) is 0 Å². The summed E-state index contributed by atoms with van der Waals surface area (Å²) in [6, 6.07) is 0. The Labute approximate surface area is 150 Å². The van der Waals surface area contributed by atoms with Crippen molar-refractivity contribution in [2.45, 2.75) is 71.9 Å². The number of ether oxygens (including phenoxy) is 3. The van der Waals surface area contributed by atoms with Crippen molar-refractivity contribution in [3.05, 3.63) is 12.2 Å². The Bertz CT molecular complexity index is 568. The van der Waals surface area contributed by atoms with Crippen molar-refractivity contribution < 1.29 is 23.8 Å². The molecule has 1 saturated heterocycles. The third-order valence-electron chi connectivity index (χ3n) is 6.26. The maximum absolute atomic E-state index is 12.5. The maximum atomic E-state index is 12.5. The second-order valence-corrected chi connectivity index (χ2v) is 8.41. The fourth-order valence-corrected chi connectivity index (χ4v) is 4.46. The zero-order valence-corrected chi connectivity index (χ0v) is 15.9. The smallest absolute Gasteiger partial charge is 0.431 e. The zero-order chi connectivity index (χ0) is 18.4. The van der Waals surface area contributed by atoms with Crippen LogP contribution in [0.1, 0.15) is 53.9 Å². The Morgan fingerprint density at radius 3 is 2.68 bits per heavy atom. The van der Waals surface area contributed by atoms with E-state index in [1.165, 1.54) is 6.42 Å². The van der Waals surface area contributed by atoms with Crippen molar-refractivity contribution in [3.63, 3.8) is 0 Å². The summed E-state index contributed by atoms with van der Waals surface area (Å²) in [5.41, 5.74) is 0. The van der Waals surface area contributed by atoms with E-state index in [9.17, 15) is 9.59 Å². The largest absolute Gasteiger partial charge is 0.511 e. The first-order chi connectivity index (χ1) is 11.7. The molecule has 140 valence electrons. The molecule has 0 amide bonds. The van der Waals surface area contributed by atoms with Gasteiger partial charge in [0.25, 0.3) is 0 Å². The second-order valence-electron chi connectivity index (χ2n) is 8.41. The van der Waals surface area contributed by atoms with E-state index in [0.717, 1.165) is 12.8 Å². The highest BCUT2D eigenvalue weighted by molar-refractivity contribution is 5.86. The first kappa shape index (κ1) is 18.4. The van der Waals surface area contributed by atoms with Gasteiger partial charge in [0.05, 0.1) is 12.0 Å². The molecule has 2 heterocycles. The SMILES string of the molecule is CC(C)[C@@H]1CC[C@@H](C)C[C@H]1OC(=O)O[C@@]12C=C[C@H](O1)[C@H](C)C(=O)[C@@H]2C. The highest BCUT2D eigenvalue weighted by atomic mass is 16.8. The zero-order valence-electron chi connectivity index (χ0n) is 15.9. The normalized spacial score (nSPS) is 43.4. The predicted molar refractivity (Wildman–Crippen MR) is 92.8 cm³/mol. The highest BCUT2D eigenvalue weighted by Crippen LogP contribution is 2.43. The average Bonchev–Trinajstić information content (AvgIpc) is 2.93. The molecule has 2 aliphatic heterocycles. The number of carbonyl (C=O) groups excluding carboxylic acids is 2. The number of fused-ring (bicyclic) bond motifs is 2. The molecule has 0 aromatic carbocycles. The van der Waals surface area contributed by atoms with Gasteiger partial charge >= 0.3 is 6.16 Å². The van der Waals surface area contributed by atoms with E-state index in [0.29, 0.717) is 17.8 Å². The topological polar surface area (TPSA) is 61.8 Å². The Hall–Kier alpha value is -1.36. The molecule has 0 spiro atoms. The number of carbonyl (C=O) groups is 2. The average molecular weight is 350 g/mol. The molecule has 1 aliphatic carbocycles. The third-order valence-corrected chi connectivity index (χ3v) is 6.26. The minimum absolute atomic E-state index is 0.0559. The number of ketones is 1. The van der Waals surface area contributed by atoms with Crippen molar-refractivity contribution in [1.82, 2.24) is 0 Å². The number of hydrogen-bond donors (Lipinski definition) is 0. The van der Waals surface area contributed by atoms with Crippen LogP contribution < -0.4 is 0 Å². The van der Waals surface area contributed by atoms with Crippen LogP contribution in [0.4, 0.5) is 4.79 Å². The molecule has 7 atom stereocenters. The van der Waals surface area contributed by atoms with E-state index in [1.807, 2.05) is 13.0 Å². The third kappa shape index (κ3) is 3.35. The standard InChI is InChI=1S/C20H30O5/c1-11(2)15-7-6-12(3)10-17(15)23-19(22)25-20-9-8-16(24-20)13(4)18(21)14(20)5/h8-9,11-17H,6-7,10H2,1-5H3/t12-,13+,14+,15+,16+,17-,20-/m1/s1. The summed E-state index contributed by atoms with van der Waals surface area (Å²) in [5.74, 6) is -0.665. The van der Waals surface area contributed by atoms with Gasteiger partial charge in [-0.1, -0.05) is 40.2 Å². The van der Waals surface area contributed by atoms with Crippen molar-refractivity contribution in [1.29, 1.82) is 0 Å². The molecule has 2 fully saturated rings. The summed E-state index contributed by atoms with van der Waals surface area (Å²) in [6.07, 6.45) is 5.41. The van der Waals surface area contributed by atoms with Gasteiger partial charge in [0.1, 0.15) is 11.9 Å².